The zero-order valence-corrected chi connectivity index (χ0v) is 9.83. The van der Waals surface area contributed by atoms with Crippen LogP contribution in [0, 0.1) is 0 Å². The Morgan fingerprint density at radius 1 is 1.17 bits per heavy atom. The Labute approximate surface area is 104 Å². The van der Waals surface area contributed by atoms with Gasteiger partial charge in [-0.1, -0.05) is 6.07 Å². The highest BCUT2D eigenvalue weighted by molar-refractivity contribution is 5.50. The first-order valence-corrected chi connectivity index (χ1v) is 5.86. The highest BCUT2D eigenvalue weighted by Gasteiger charge is 2.31. The van der Waals surface area contributed by atoms with E-state index in [1.54, 1.807) is 12.1 Å². The van der Waals surface area contributed by atoms with Crippen molar-refractivity contribution in [1.29, 1.82) is 0 Å². The minimum atomic E-state index is -4.64. The lowest BCUT2D eigenvalue weighted by Crippen LogP contribution is -2.27. The van der Waals surface area contributed by atoms with Gasteiger partial charge < -0.3 is 15.0 Å². The van der Waals surface area contributed by atoms with Gasteiger partial charge in [0, 0.05) is 31.4 Å². The van der Waals surface area contributed by atoms with Gasteiger partial charge in [0.2, 0.25) is 0 Å². The van der Waals surface area contributed by atoms with Crippen LogP contribution >= 0.6 is 0 Å². The van der Waals surface area contributed by atoms with Gasteiger partial charge in [0.15, 0.2) is 0 Å². The Hall–Kier alpha value is -1.43. The first-order valence-electron chi connectivity index (χ1n) is 5.86. The normalized spacial score (nSPS) is 17.4. The highest BCUT2D eigenvalue weighted by Crippen LogP contribution is 2.26. The third-order valence-electron chi connectivity index (χ3n) is 2.76. The van der Waals surface area contributed by atoms with E-state index < -0.39 is 6.36 Å². The largest absolute Gasteiger partial charge is 0.573 e. The molecule has 6 heteroatoms. The molecule has 1 aliphatic rings. The Balaban J connectivity index is 2.10. The summed E-state index contributed by atoms with van der Waals surface area (Å²) in [6.45, 7) is 3.40. The van der Waals surface area contributed by atoms with Crippen molar-refractivity contribution >= 4 is 5.69 Å². The number of halogens is 3. The van der Waals surface area contributed by atoms with Gasteiger partial charge in [-0.05, 0) is 25.1 Å². The molecule has 3 nitrogen and oxygen atoms in total. The molecule has 18 heavy (non-hydrogen) atoms. The average Bonchev–Trinajstić information content (AvgIpc) is 2.55. The monoisotopic (exact) mass is 260 g/mol. The fourth-order valence-electron chi connectivity index (χ4n) is 1.98. The molecule has 1 N–H and O–H groups in total. The molecular weight excluding hydrogens is 245 g/mol. The van der Waals surface area contributed by atoms with Crippen molar-refractivity contribution in [2.45, 2.75) is 12.8 Å². The molecular formula is C12H15F3N2O. The number of anilines is 1. The first-order chi connectivity index (χ1) is 8.54. The lowest BCUT2D eigenvalue weighted by molar-refractivity contribution is -0.274. The lowest BCUT2D eigenvalue weighted by Gasteiger charge is -2.22. The smallest absolute Gasteiger partial charge is 0.406 e. The summed E-state index contributed by atoms with van der Waals surface area (Å²) in [5.74, 6) is -0.169. The van der Waals surface area contributed by atoms with Crippen LogP contribution < -0.4 is 15.0 Å². The van der Waals surface area contributed by atoms with Crippen LogP contribution in [0.15, 0.2) is 24.3 Å². The van der Waals surface area contributed by atoms with Crippen LogP contribution in [0.25, 0.3) is 0 Å². The van der Waals surface area contributed by atoms with E-state index in [2.05, 4.69) is 15.0 Å². The molecule has 1 heterocycles. The topological polar surface area (TPSA) is 24.5 Å². The van der Waals surface area contributed by atoms with Gasteiger partial charge in [0.25, 0.3) is 0 Å². The Kier molecular flexibility index (Phi) is 3.96. The fraction of sp³-hybridized carbons (Fsp3) is 0.500. The third kappa shape index (κ3) is 3.80. The van der Waals surface area contributed by atoms with E-state index in [1.807, 2.05) is 0 Å². The Bertz CT molecular complexity index is 387. The van der Waals surface area contributed by atoms with E-state index in [0.717, 1.165) is 38.3 Å². The molecule has 0 atom stereocenters. The minimum absolute atomic E-state index is 0.169. The van der Waals surface area contributed by atoms with Crippen molar-refractivity contribution in [3.05, 3.63) is 24.3 Å². The maximum atomic E-state index is 12.1. The zero-order valence-electron chi connectivity index (χ0n) is 9.83. The second-order valence-electron chi connectivity index (χ2n) is 4.14. The van der Waals surface area contributed by atoms with E-state index in [0.29, 0.717) is 0 Å². The summed E-state index contributed by atoms with van der Waals surface area (Å²) in [5, 5.41) is 3.25. The van der Waals surface area contributed by atoms with Crippen LogP contribution in [0.5, 0.6) is 5.75 Å². The molecule has 0 radical (unpaired) electrons. The molecule has 1 aromatic carbocycles. The summed E-state index contributed by atoms with van der Waals surface area (Å²) in [5.41, 5.74) is 0.764. The van der Waals surface area contributed by atoms with Crippen LogP contribution in [-0.2, 0) is 0 Å². The van der Waals surface area contributed by atoms with Crippen LogP contribution in [0.1, 0.15) is 6.42 Å². The Morgan fingerprint density at radius 3 is 2.78 bits per heavy atom. The molecule has 1 aliphatic heterocycles. The second kappa shape index (κ2) is 5.48. The number of alkyl halides is 3. The van der Waals surface area contributed by atoms with Crippen molar-refractivity contribution < 1.29 is 17.9 Å². The summed E-state index contributed by atoms with van der Waals surface area (Å²) in [6, 6.07) is 6.12. The summed E-state index contributed by atoms with van der Waals surface area (Å²) in [6.07, 6.45) is -3.66. The van der Waals surface area contributed by atoms with Crippen molar-refractivity contribution in [2.75, 3.05) is 31.1 Å². The molecule has 1 saturated heterocycles. The number of benzene rings is 1. The van der Waals surface area contributed by atoms with Crippen molar-refractivity contribution in [3.8, 4) is 5.75 Å². The van der Waals surface area contributed by atoms with Crippen LogP contribution in [-0.4, -0.2) is 32.5 Å². The van der Waals surface area contributed by atoms with Gasteiger partial charge in [-0.3, -0.25) is 0 Å². The summed E-state index contributed by atoms with van der Waals surface area (Å²) in [4.78, 5) is 2.06. The van der Waals surface area contributed by atoms with Crippen LogP contribution in [0.3, 0.4) is 0 Å². The van der Waals surface area contributed by atoms with E-state index >= 15 is 0 Å². The molecule has 1 aromatic rings. The third-order valence-corrected chi connectivity index (χ3v) is 2.76. The average molecular weight is 260 g/mol. The lowest BCUT2D eigenvalue weighted by atomic mass is 10.2. The van der Waals surface area contributed by atoms with Crippen molar-refractivity contribution in [1.82, 2.24) is 5.32 Å². The Morgan fingerprint density at radius 2 is 2.00 bits per heavy atom. The second-order valence-corrected chi connectivity index (χ2v) is 4.14. The van der Waals surface area contributed by atoms with Crippen molar-refractivity contribution in [2.24, 2.45) is 0 Å². The molecule has 0 amide bonds. The van der Waals surface area contributed by atoms with Gasteiger partial charge >= 0.3 is 6.36 Å². The number of rotatable bonds is 2. The zero-order chi connectivity index (χ0) is 13.0. The molecule has 0 aliphatic carbocycles. The van der Waals surface area contributed by atoms with E-state index in [9.17, 15) is 13.2 Å². The van der Waals surface area contributed by atoms with Gasteiger partial charge in [0.1, 0.15) is 5.75 Å². The standard InChI is InChI=1S/C12H15F3N2O/c13-12(14,15)18-11-4-1-3-10(9-11)17-7-2-5-16-6-8-17/h1,3-4,9,16H,2,5-8H2. The predicted molar refractivity (Wildman–Crippen MR) is 62.8 cm³/mol. The molecule has 0 aromatic heterocycles. The number of hydrogen-bond donors (Lipinski definition) is 1. The quantitative estimate of drug-likeness (QED) is 0.883. The molecule has 0 unspecified atom stereocenters. The van der Waals surface area contributed by atoms with Crippen LogP contribution in [0.4, 0.5) is 18.9 Å². The SMILES string of the molecule is FC(F)(F)Oc1cccc(N2CCCNCC2)c1. The molecule has 1 fully saturated rings. The minimum Gasteiger partial charge on any atom is -0.406 e. The van der Waals surface area contributed by atoms with E-state index in [4.69, 9.17) is 0 Å². The highest BCUT2D eigenvalue weighted by atomic mass is 19.4. The number of hydrogen-bond acceptors (Lipinski definition) is 3. The number of ether oxygens (including phenoxy) is 1. The molecule has 100 valence electrons. The number of nitrogens with one attached hydrogen (secondary N) is 1. The van der Waals surface area contributed by atoms with Gasteiger partial charge in [0.05, 0.1) is 0 Å². The fourth-order valence-corrected chi connectivity index (χ4v) is 1.98. The molecule has 2 rings (SSSR count). The van der Waals surface area contributed by atoms with Gasteiger partial charge in [-0.25, -0.2) is 0 Å². The van der Waals surface area contributed by atoms with Gasteiger partial charge in [-0.15, -0.1) is 13.2 Å². The summed E-state index contributed by atoms with van der Waals surface area (Å²) < 4.78 is 40.3. The van der Waals surface area contributed by atoms with Crippen LogP contribution in [0.2, 0.25) is 0 Å². The maximum Gasteiger partial charge on any atom is 0.573 e. The molecule has 0 bridgehead atoms. The first kappa shape index (κ1) is 13.0. The molecule has 0 spiro atoms. The van der Waals surface area contributed by atoms with E-state index in [-0.39, 0.29) is 5.75 Å². The van der Waals surface area contributed by atoms with Gasteiger partial charge in [-0.2, -0.15) is 0 Å². The maximum absolute atomic E-state index is 12.1. The van der Waals surface area contributed by atoms with E-state index in [1.165, 1.54) is 12.1 Å². The predicted octanol–water partition coefficient (Wildman–Crippen LogP) is 2.38. The molecule has 0 saturated carbocycles. The van der Waals surface area contributed by atoms with Crippen molar-refractivity contribution in [3.63, 3.8) is 0 Å². The summed E-state index contributed by atoms with van der Waals surface area (Å²) >= 11 is 0. The number of nitrogens with zero attached hydrogens (tertiary/aromatic N) is 1. The summed E-state index contributed by atoms with van der Waals surface area (Å²) in [7, 11) is 0.